The molecule has 0 unspecified atom stereocenters. The summed E-state index contributed by atoms with van der Waals surface area (Å²) in [6.07, 6.45) is 0. The van der Waals surface area contributed by atoms with E-state index in [1.165, 1.54) is 16.6 Å². The number of anilines is 2. The number of nitrogens with one attached hydrogen (secondary N) is 1. The molecule has 5 aromatic rings. The highest BCUT2D eigenvalue weighted by Crippen LogP contribution is 2.31. The highest BCUT2D eigenvalue weighted by Gasteiger charge is 2.19. The number of aromatic nitrogens is 3. The fourth-order valence-electron chi connectivity index (χ4n) is 3.99. The fourth-order valence-corrected chi connectivity index (χ4v) is 3.99. The number of H-pyrrole nitrogens is 1. The smallest absolute Gasteiger partial charge is 0.282 e. The minimum Gasteiger partial charge on any atom is -0.345 e. The van der Waals surface area contributed by atoms with Crippen molar-refractivity contribution in [3.63, 3.8) is 0 Å². The van der Waals surface area contributed by atoms with Crippen LogP contribution >= 0.6 is 0 Å². The third kappa shape index (κ3) is 3.31. The Labute approximate surface area is 186 Å². The first-order valence-electron chi connectivity index (χ1n) is 10.1. The summed E-state index contributed by atoms with van der Waals surface area (Å²) in [6.45, 7) is 1.67. The van der Waals surface area contributed by atoms with Gasteiger partial charge < -0.3 is 9.88 Å². The molecule has 5 rings (SSSR count). The van der Waals surface area contributed by atoms with Gasteiger partial charge in [0.15, 0.2) is 0 Å². The maximum atomic E-state index is 14.6. The molecule has 3 aromatic carbocycles. The molecule has 2 heterocycles. The second-order valence-electron chi connectivity index (χ2n) is 7.72. The zero-order valence-corrected chi connectivity index (χ0v) is 17.7. The van der Waals surface area contributed by atoms with E-state index >= 15 is 0 Å². The summed E-state index contributed by atoms with van der Waals surface area (Å²) in [5.41, 5.74) is 3.77. The van der Waals surface area contributed by atoms with E-state index < -0.39 is 11.6 Å². The number of benzene rings is 3. The van der Waals surface area contributed by atoms with Gasteiger partial charge in [-0.15, -0.1) is 0 Å². The maximum absolute atomic E-state index is 14.6. The predicted octanol–water partition coefficient (Wildman–Crippen LogP) is 5.07. The van der Waals surface area contributed by atoms with Gasteiger partial charge in [0, 0.05) is 30.1 Å². The fraction of sp³-hybridized carbons (Fsp3) is 0.0800. The van der Waals surface area contributed by atoms with Gasteiger partial charge in [-0.05, 0) is 61.5 Å². The van der Waals surface area contributed by atoms with Crippen molar-refractivity contribution in [2.75, 3.05) is 11.9 Å². The molecule has 0 aliphatic rings. The van der Waals surface area contributed by atoms with Crippen molar-refractivity contribution in [3.05, 3.63) is 93.9 Å². The minimum atomic E-state index is -0.733. The summed E-state index contributed by atoms with van der Waals surface area (Å²) < 4.78 is 29.2. The maximum Gasteiger partial charge on any atom is 0.282 e. The molecule has 0 saturated carbocycles. The standard InChI is InChI=1S/C25H17F2N5O/c1-14-23(19-9-5-16(26)11-21(19)27)24-29-22-12-18(8-10-20(22)25(33)32(24)30-14)31(2)17-6-3-15(13-28)4-7-17/h3-12,29H,1-2H3. The highest BCUT2D eigenvalue weighted by atomic mass is 19.1. The third-order valence-electron chi connectivity index (χ3n) is 5.71. The summed E-state index contributed by atoms with van der Waals surface area (Å²) in [7, 11) is 1.88. The lowest BCUT2D eigenvalue weighted by molar-refractivity contribution is 0.585. The second kappa shape index (κ2) is 7.57. The van der Waals surface area contributed by atoms with E-state index in [1.54, 1.807) is 25.1 Å². The van der Waals surface area contributed by atoms with E-state index in [1.807, 2.05) is 36.2 Å². The molecule has 33 heavy (non-hydrogen) atoms. The summed E-state index contributed by atoms with van der Waals surface area (Å²) in [6, 6.07) is 17.9. The Morgan fingerprint density at radius 3 is 2.45 bits per heavy atom. The van der Waals surface area contributed by atoms with E-state index in [0.717, 1.165) is 17.4 Å². The normalized spacial score (nSPS) is 11.1. The molecular weight excluding hydrogens is 424 g/mol. The molecule has 0 fully saturated rings. The average Bonchev–Trinajstić information content (AvgIpc) is 3.14. The van der Waals surface area contributed by atoms with Crippen LogP contribution < -0.4 is 10.5 Å². The van der Waals surface area contributed by atoms with Gasteiger partial charge in [-0.2, -0.15) is 14.9 Å². The largest absolute Gasteiger partial charge is 0.345 e. The molecule has 1 N–H and O–H groups in total. The molecule has 6 nitrogen and oxygen atoms in total. The lowest BCUT2D eigenvalue weighted by Crippen LogP contribution is -2.16. The Balaban J connectivity index is 1.69. The van der Waals surface area contributed by atoms with Crippen LogP contribution in [-0.4, -0.2) is 21.6 Å². The van der Waals surface area contributed by atoms with Gasteiger partial charge in [-0.1, -0.05) is 0 Å². The third-order valence-corrected chi connectivity index (χ3v) is 5.71. The van der Waals surface area contributed by atoms with Gasteiger partial charge in [-0.3, -0.25) is 4.79 Å². The number of nitrogens with zero attached hydrogens (tertiary/aromatic N) is 4. The molecule has 8 heteroatoms. The molecule has 0 aliphatic heterocycles. The van der Waals surface area contributed by atoms with Gasteiger partial charge in [0.05, 0.1) is 33.8 Å². The van der Waals surface area contributed by atoms with Gasteiger partial charge in [-0.25, -0.2) is 8.78 Å². The summed E-state index contributed by atoms with van der Waals surface area (Å²) in [4.78, 5) is 18.3. The Morgan fingerprint density at radius 1 is 1.03 bits per heavy atom. The number of aromatic amines is 1. The predicted molar refractivity (Wildman–Crippen MR) is 123 cm³/mol. The van der Waals surface area contributed by atoms with E-state index in [4.69, 9.17) is 5.26 Å². The van der Waals surface area contributed by atoms with Gasteiger partial charge >= 0.3 is 0 Å². The van der Waals surface area contributed by atoms with E-state index in [2.05, 4.69) is 16.2 Å². The summed E-state index contributed by atoms with van der Waals surface area (Å²) >= 11 is 0. The zero-order chi connectivity index (χ0) is 23.3. The average molecular weight is 441 g/mol. The van der Waals surface area contributed by atoms with Crippen LogP contribution in [0, 0.1) is 29.9 Å². The van der Waals surface area contributed by atoms with Crippen molar-refractivity contribution >= 4 is 27.9 Å². The Morgan fingerprint density at radius 2 is 1.76 bits per heavy atom. The van der Waals surface area contributed by atoms with Crippen molar-refractivity contribution in [3.8, 4) is 17.2 Å². The van der Waals surface area contributed by atoms with Crippen LogP contribution in [0.3, 0.4) is 0 Å². The van der Waals surface area contributed by atoms with Crippen molar-refractivity contribution in [2.24, 2.45) is 0 Å². The molecule has 0 saturated heterocycles. The van der Waals surface area contributed by atoms with Gasteiger partial charge in [0.1, 0.15) is 17.3 Å². The van der Waals surface area contributed by atoms with Crippen LogP contribution in [0.25, 0.3) is 27.7 Å². The molecule has 0 atom stereocenters. The quantitative estimate of drug-likeness (QED) is 0.424. The van der Waals surface area contributed by atoms with E-state index in [-0.39, 0.29) is 11.1 Å². The van der Waals surface area contributed by atoms with Crippen LogP contribution in [0.2, 0.25) is 0 Å². The number of aryl methyl sites for hydroxylation is 1. The SMILES string of the molecule is Cc1nn2c(=O)c3ccc(N(C)c4ccc(C#N)cc4)cc3[nH]c2c1-c1ccc(F)cc1F. The van der Waals surface area contributed by atoms with Crippen molar-refractivity contribution in [1.82, 2.24) is 14.6 Å². The second-order valence-corrected chi connectivity index (χ2v) is 7.72. The zero-order valence-electron chi connectivity index (χ0n) is 17.7. The molecule has 0 amide bonds. The first-order chi connectivity index (χ1) is 15.9. The topological polar surface area (TPSA) is 77.2 Å². The van der Waals surface area contributed by atoms with Gasteiger partial charge in [0.2, 0.25) is 0 Å². The molecule has 2 aromatic heterocycles. The van der Waals surface area contributed by atoms with E-state index in [0.29, 0.717) is 33.4 Å². The van der Waals surface area contributed by atoms with Crippen LogP contribution in [0.15, 0.2) is 65.5 Å². The monoisotopic (exact) mass is 441 g/mol. The summed E-state index contributed by atoms with van der Waals surface area (Å²) in [5.74, 6) is -1.41. The number of fused-ring (bicyclic) bond motifs is 2. The number of hydrogen-bond acceptors (Lipinski definition) is 4. The van der Waals surface area contributed by atoms with Crippen LogP contribution in [-0.2, 0) is 0 Å². The Kier molecular flexibility index (Phi) is 4.68. The number of hydrogen-bond donors (Lipinski definition) is 1. The van der Waals surface area contributed by atoms with Crippen LogP contribution in [0.1, 0.15) is 11.3 Å². The van der Waals surface area contributed by atoms with Crippen molar-refractivity contribution in [2.45, 2.75) is 6.92 Å². The Bertz CT molecular complexity index is 1640. The number of rotatable bonds is 3. The van der Waals surface area contributed by atoms with Crippen LogP contribution in [0.5, 0.6) is 0 Å². The Hall–Kier alpha value is -4.51. The first kappa shape index (κ1) is 20.4. The molecule has 0 radical (unpaired) electrons. The van der Waals surface area contributed by atoms with E-state index in [9.17, 15) is 13.6 Å². The molecule has 0 spiro atoms. The van der Waals surface area contributed by atoms with Gasteiger partial charge in [0.25, 0.3) is 5.56 Å². The first-order valence-corrected chi connectivity index (χ1v) is 10.1. The molecule has 162 valence electrons. The highest BCUT2D eigenvalue weighted by molar-refractivity contribution is 5.88. The lowest BCUT2D eigenvalue weighted by atomic mass is 10.1. The number of nitriles is 1. The number of halogens is 2. The minimum absolute atomic E-state index is 0.157. The summed E-state index contributed by atoms with van der Waals surface area (Å²) in [5, 5.41) is 13.7. The van der Waals surface area contributed by atoms with Crippen molar-refractivity contribution in [1.29, 1.82) is 5.26 Å². The molecule has 0 bridgehead atoms. The lowest BCUT2D eigenvalue weighted by Gasteiger charge is -2.20. The molecule has 0 aliphatic carbocycles. The van der Waals surface area contributed by atoms with Crippen molar-refractivity contribution < 1.29 is 8.78 Å². The van der Waals surface area contributed by atoms with Crippen LogP contribution in [0.4, 0.5) is 20.2 Å². The molecular formula is C25H17F2N5O.